The van der Waals surface area contributed by atoms with Crippen molar-refractivity contribution in [1.82, 2.24) is 0 Å². The van der Waals surface area contributed by atoms with Crippen LogP contribution in [0.25, 0.3) is 0 Å². The van der Waals surface area contributed by atoms with Gasteiger partial charge in [-0.3, -0.25) is 9.59 Å². The molecule has 4 nitrogen and oxygen atoms in total. The van der Waals surface area contributed by atoms with E-state index in [-0.39, 0.29) is 0 Å². The maximum atomic E-state index is 11.0. The number of carboxylic acids is 2. The Labute approximate surface area is 115 Å². The molecule has 0 spiro atoms. The molecule has 0 bridgehead atoms. The second-order valence-corrected chi connectivity index (χ2v) is 5.84. The summed E-state index contributed by atoms with van der Waals surface area (Å²) in [6.07, 6.45) is 4.57. The second kappa shape index (κ2) is 6.10. The fourth-order valence-electron chi connectivity index (χ4n) is 2.50. The third-order valence-electron chi connectivity index (χ3n) is 3.41. The Morgan fingerprint density at radius 1 is 1.11 bits per heavy atom. The van der Waals surface area contributed by atoms with E-state index in [2.05, 4.69) is 0 Å². The predicted molar refractivity (Wildman–Crippen MR) is 72.6 cm³/mol. The molecular weight excluding hydrogens is 264 g/mol. The molecule has 1 aromatic rings. The van der Waals surface area contributed by atoms with E-state index in [9.17, 15) is 9.59 Å². The predicted octanol–water partition coefficient (Wildman–Crippen LogP) is 2.97. The van der Waals surface area contributed by atoms with E-state index in [1.165, 1.54) is 12.8 Å². The van der Waals surface area contributed by atoms with E-state index < -0.39 is 17.2 Å². The van der Waals surface area contributed by atoms with Crippen LogP contribution in [-0.2, 0) is 9.59 Å². The molecule has 5 heteroatoms. The second-order valence-electron chi connectivity index (χ2n) is 4.69. The summed E-state index contributed by atoms with van der Waals surface area (Å²) in [5, 5.41) is 16.5. The van der Waals surface area contributed by atoms with Crippen LogP contribution in [0.1, 0.15) is 37.2 Å². The molecule has 0 aliphatic heterocycles. The smallest absolute Gasteiger partial charge is 0.328 e. The normalized spacial score (nSPS) is 15.8. The first-order valence-corrected chi connectivity index (χ1v) is 7.18. The van der Waals surface area contributed by atoms with Gasteiger partial charge in [0, 0.05) is 4.90 Å². The van der Waals surface area contributed by atoms with Gasteiger partial charge in [-0.1, -0.05) is 42.8 Å². The van der Waals surface area contributed by atoms with Gasteiger partial charge in [0.2, 0.25) is 5.25 Å². The van der Waals surface area contributed by atoms with Gasteiger partial charge in [0.15, 0.2) is 0 Å². The molecule has 1 aliphatic carbocycles. The summed E-state index contributed by atoms with van der Waals surface area (Å²) in [7, 11) is 0. The molecule has 1 aromatic carbocycles. The molecule has 2 N–H and O–H groups in total. The largest absolute Gasteiger partial charge is 0.480 e. The lowest BCUT2D eigenvalue weighted by atomic mass is 9.98. The lowest BCUT2D eigenvalue weighted by Gasteiger charge is -2.16. The van der Waals surface area contributed by atoms with Crippen molar-refractivity contribution in [3.63, 3.8) is 0 Å². The Bertz CT molecular complexity index is 466. The highest BCUT2D eigenvalue weighted by Crippen LogP contribution is 2.39. The highest BCUT2D eigenvalue weighted by atomic mass is 32.2. The summed E-state index contributed by atoms with van der Waals surface area (Å²) in [6.45, 7) is 0. The molecule has 0 amide bonds. The highest BCUT2D eigenvalue weighted by Gasteiger charge is 2.29. The fraction of sp³-hybridized carbons (Fsp3) is 0.429. The lowest BCUT2D eigenvalue weighted by Crippen LogP contribution is -2.26. The zero-order valence-electron chi connectivity index (χ0n) is 10.4. The molecule has 1 saturated carbocycles. The van der Waals surface area contributed by atoms with Gasteiger partial charge in [-0.25, -0.2) is 0 Å². The van der Waals surface area contributed by atoms with E-state index >= 15 is 0 Å². The Hall–Kier alpha value is -1.49. The lowest BCUT2D eigenvalue weighted by molar-refractivity contribution is -0.146. The first-order chi connectivity index (χ1) is 9.09. The Kier molecular flexibility index (Phi) is 4.47. The molecule has 102 valence electrons. The SMILES string of the molecule is O=C(O)C(Sc1ccccc1C1CCCC1)C(=O)O. The average molecular weight is 280 g/mol. The summed E-state index contributed by atoms with van der Waals surface area (Å²) < 4.78 is 0. The van der Waals surface area contributed by atoms with Crippen LogP contribution in [0.5, 0.6) is 0 Å². The van der Waals surface area contributed by atoms with Crippen molar-refractivity contribution in [3.8, 4) is 0 Å². The van der Waals surface area contributed by atoms with Crippen molar-refractivity contribution < 1.29 is 19.8 Å². The number of benzene rings is 1. The van der Waals surface area contributed by atoms with Gasteiger partial charge in [0.05, 0.1) is 0 Å². The zero-order valence-corrected chi connectivity index (χ0v) is 11.2. The van der Waals surface area contributed by atoms with Crippen LogP contribution in [-0.4, -0.2) is 27.4 Å². The minimum atomic E-state index is -1.44. The summed E-state index contributed by atoms with van der Waals surface area (Å²) in [5.74, 6) is -2.18. The molecule has 2 rings (SSSR count). The maximum Gasteiger partial charge on any atom is 0.328 e. The molecule has 0 aromatic heterocycles. The summed E-state index contributed by atoms with van der Waals surface area (Å²) >= 11 is 0.919. The van der Waals surface area contributed by atoms with Crippen LogP contribution in [0.15, 0.2) is 29.2 Å². The van der Waals surface area contributed by atoms with Crippen molar-refractivity contribution >= 4 is 23.7 Å². The first-order valence-electron chi connectivity index (χ1n) is 6.31. The van der Waals surface area contributed by atoms with Crippen molar-refractivity contribution in [3.05, 3.63) is 29.8 Å². The Balaban J connectivity index is 2.24. The summed E-state index contributed by atoms with van der Waals surface area (Å²) in [5.41, 5.74) is 1.09. The fourth-order valence-corrected chi connectivity index (χ4v) is 3.48. The minimum Gasteiger partial charge on any atom is -0.480 e. The van der Waals surface area contributed by atoms with E-state index in [1.807, 2.05) is 24.3 Å². The molecule has 0 atom stereocenters. The number of rotatable bonds is 5. The van der Waals surface area contributed by atoms with E-state index in [4.69, 9.17) is 10.2 Å². The quantitative estimate of drug-likeness (QED) is 0.640. The van der Waals surface area contributed by atoms with Crippen molar-refractivity contribution in [1.29, 1.82) is 0 Å². The summed E-state index contributed by atoms with van der Waals surface area (Å²) in [4.78, 5) is 22.7. The number of hydrogen-bond donors (Lipinski definition) is 2. The maximum absolute atomic E-state index is 11.0. The van der Waals surface area contributed by atoms with Crippen LogP contribution < -0.4 is 0 Å². The molecule has 0 radical (unpaired) electrons. The minimum absolute atomic E-state index is 0.437. The van der Waals surface area contributed by atoms with Crippen LogP contribution in [0, 0.1) is 0 Å². The number of carbonyl (C=O) groups is 2. The van der Waals surface area contributed by atoms with Crippen molar-refractivity contribution in [2.45, 2.75) is 41.7 Å². The standard InChI is InChI=1S/C14H16O4S/c15-13(16)12(14(17)18)19-11-8-4-3-7-10(11)9-5-1-2-6-9/h3-4,7-9,12H,1-2,5-6H2,(H,15,16)(H,17,18). The van der Waals surface area contributed by atoms with Gasteiger partial charge in [0.1, 0.15) is 0 Å². The van der Waals surface area contributed by atoms with Gasteiger partial charge < -0.3 is 10.2 Å². The van der Waals surface area contributed by atoms with Gasteiger partial charge in [-0.15, -0.1) is 0 Å². The Morgan fingerprint density at radius 3 is 2.26 bits per heavy atom. The van der Waals surface area contributed by atoms with E-state index in [0.717, 1.165) is 35.1 Å². The first kappa shape index (κ1) is 13.9. The topological polar surface area (TPSA) is 74.6 Å². The van der Waals surface area contributed by atoms with Gasteiger partial charge in [0.25, 0.3) is 0 Å². The number of aliphatic carboxylic acids is 2. The Morgan fingerprint density at radius 2 is 1.68 bits per heavy atom. The van der Waals surface area contributed by atoms with Crippen LogP contribution >= 0.6 is 11.8 Å². The molecule has 0 saturated heterocycles. The third-order valence-corrected chi connectivity index (χ3v) is 4.67. The van der Waals surface area contributed by atoms with Crippen LogP contribution in [0.2, 0.25) is 0 Å². The average Bonchev–Trinajstić information content (AvgIpc) is 2.89. The van der Waals surface area contributed by atoms with Crippen LogP contribution in [0.3, 0.4) is 0 Å². The molecule has 1 fully saturated rings. The molecule has 19 heavy (non-hydrogen) atoms. The van der Waals surface area contributed by atoms with Gasteiger partial charge >= 0.3 is 11.9 Å². The molecule has 0 heterocycles. The van der Waals surface area contributed by atoms with E-state index in [0.29, 0.717) is 5.92 Å². The number of thioether (sulfide) groups is 1. The third kappa shape index (κ3) is 3.29. The van der Waals surface area contributed by atoms with Crippen LogP contribution in [0.4, 0.5) is 0 Å². The molecular formula is C14H16O4S. The van der Waals surface area contributed by atoms with E-state index in [1.54, 1.807) is 0 Å². The van der Waals surface area contributed by atoms with Crippen molar-refractivity contribution in [2.75, 3.05) is 0 Å². The van der Waals surface area contributed by atoms with Crippen molar-refractivity contribution in [2.24, 2.45) is 0 Å². The highest BCUT2D eigenvalue weighted by molar-refractivity contribution is 8.01. The van der Waals surface area contributed by atoms with Gasteiger partial charge in [-0.2, -0.15) is 0 Å². The number of hydrogen-bond acceptors (Lipinski definition) is 3. The molecule has 0 unspecified atom stereocenters. The summed E-state index contributed by atoms with van der Waals surface area (Å²) in [6, 6.07) is 7.55. The molecule has 1 aliphatic rings. The number of carboxylic acid groups (broad SMARTS) is 2. The monoisotopic (exact) mass is 280 g/mol. The van der Waals surface area contributed by atoms with Gasteiger partial charge in [-0.05, 0) is 30.4 Å². The zero-order chi connectivity index (χ0) is 13.8.